The highest BCUT2D eigenvalue weighted by Gasteiger charge is 2.50. The molecule has 8 atom stereocenters. The number of amides is 2. The number of aliphatic hydroxyl groups excluding tert-OH is 3. The van der Waals surface area contributed by atoms with Gasteiger partial charge in [-0.3, -0.25) is 32.5 Å². The van der Waals surface area contributed by atoms with Gasteiger partial charge in [-0.25, -0.2) is 28.6 Å². The Balaban J connectivity index is 1.32. The van der Waals surface area contributed by atoms with Crippen LogP contribution in [0.4, 0.5) is 5.82 Å². The second-order valence-corrected chi connectivity index (χ2v) is 22.2. The number of imidazole rings is 1. The number of ether oxygens (including phenoxy) is 1. The predicted molar refractivity (Wildman–Crippen MR) is 248 cm³/mol. The summed E-state index contributed by atoms with van der Waals surface area (Å²) < 4.78 is 62.4. The number of carbonyl (C=O) groups is 3. The lowest BCUT2D eigenvalue weighted by molar-refractivity contribution is -0.137. The molecule has 0 bridgehead atoms. The van der Waals surface area contributed by atoms with E-state index in [1.807, 2.05) is 0 Å². The number of hydrogen-bond donors (Lipinski definition) is 10. The molecule has 3 rings (SSSR count). The number of hydrogen-bond acceptors (Lipinski definition) is 19. The second-order valence-electron chi connectivity index (χ2n) is 16.8. The lowest BCUT2D eigenvalue weighted by Gasteiger charge is -2.30. The van der Waals surface area contributed by atoms with E-state index < -0.39 is 90.7 Å². The van der Waals surface area contributed by atoms with Gasteiger partial charge < -0.3 is 56.0 Å². The maximum Gasteiger partial charge on any atom is 0.481 e. The number of aromatic nitrogens is 4. The van der Waals surface area contributed by atoms with Crippen molar-refractivity contribution in [3.8, 4) is 0 Å². The Hall–Kier alpha value is -2.74. The van der Waals surface area contributed by atoms with Crippen molar-refractivity contribution in [2.24, 2.45) is 5.41 Å². The summed E-state index contributed by atoms with van der Waals surface area (Å²) in [5.41, 5.74) is 4.25. The largest absolute Gasteiger partial charge is 0.481 e. The number of aliphatic hydroxyl groups is 3. The number of anilines is 1. The van der Waals surface area contributed by atoms with Gasteiger partial charge in [-0.05, 0) is 32.1 Å². The molecule has 0 spiro atoms. The monoisotopic (exact) mass is 1050 g/mol. The van der Waals surface area contributed by atoms with E-state index in [1.54, 1.807) is 0 Å². The molecule has 11 N–H and O–H groups in total. The molecule has 388 valence electrons. The molecular formula is C39H68N7O18P3S. The molecule has 0 radical (unpaired) electrons. The minimum Gasteiger partial charge on any atom is -0.393 e. The Morgan fingerprint density at radius 3 is 2.25 bits per heavy atom. The number of allylic oxidation sites excluding steroid dienone is 2. The number of carbonyl (C=O) groups excluding carboxylic acids is 3. The van der Waals surface area contributed by atoms with Crippen LogP contribution in [0.25, 0.3) is 11.2 Å². The van der Waals surface area contributed by atoms with Crippen LogP contribution in [0, 0.1) is 5.41 Å². The van der Waals surface area contributed by atoms with Gasteiger partial charge in [0.2, 0.25) is 11.8 Å². The number of nitrogen functional groups attached to an aromatic ring is 1. The van der Waals surface area contributed by atoms with Crippen molar-refractivity contribution in [3.05, 3.63) is 24.8 Å². The number of phosphoric ester groups is 3. The molecule has 0 aliphatic carbocycles. The van der Waals surface area contributed by atoms with Gasteiger partial charge in [0, 0.05) is 37.1 Å². The van der Waals surface area contributed by atoms with Gasteiger partial charge in [0.15, 0.2) is 22.8 Å². The standard InChI is InChI=1S/C39H68N7O18P3S/c1-4-5-6-7-8-9-10-11-12-13-14-15-16-17-27(47)22-30(49)68-21-20-41-29(48)18-19-42-37(52)34(51)39(2,3)24-61-67(58,59)64-66(56,57)60-23-28-33(63-65(53,54)55)32(50)38(62-28)46-26-45-31-35(40)43-25-44-36(31)46/h9-10,25-28,32-34,38,47,50-51H,4-8,11-24H2,1-3H3,(H,41,48)(H,42,52)(H,56,57)(H,58,59)(H2,40,43,44)(H2,53,54,55)/b10-9+. The van der Waals surface area contributed by atoms with Crippen LogP contribution in [0.15, 0.2) is 24.8 Å². The van der Waals surface area contributed by atoms with Crippen molar-refractivity contribution < 1.29 is 85.6 Å². The van der Waals surface area contributed by atoms with Crippen LogP contribution in [0.1, 0.15) is 117 Å². The summed E-state index contributed by atoms with van der Waals surface area (Å²) in [5.74, 6) is -1.23. The number of rotatable bonds is 34. The Morgan fingerprint density at radius 2 is 1.57 bits per heavy atom. The van der Waals surface area contributed by atoms with Crippen LogP contribution in [0.2, 0.25) is 0 Å². The lowest BCUT2D eigenvalue weighted by Crippen LogP contribution is -2.46. The zero-order valence-corrected chi connectivity index (χ0v) is 41.9. The molecule has 2 amide bonds. The minimum atomic E-state index is -5.59. The summed E-state index contributed by atoms with van der Waals surface area (Å²) in [7, 11) is -16.4. The topological polar surface area (TPSA) is 384 Å². The molecule has 0 saturated carbocycles. The third-order valence-corrected chi connectivity index (χ3v) is 14.5. The summed E-state index contributed by atoms with van der Waals surface area (Å²) >= 11 is 0.994. The van der Waals surface area contributed by atoms with Gasteiger partial charge in [0.25, 0.3) is 0 Å². The average molecular weight is 1050 g/mol. The number of nitrogens with two attached hydrogens (primary N) is 1. The summed E-state index contributed by atoms with van der Waals surface area (Å²) in [6.45, 7) is 2.60. The molecule has 3 heterocycles. The third-order valence-electron chi connectivity index (χ3n) is 10.5. The fourth-order valence-corrected chi connectivity index (χ4v) is 10.3. The minimum absolute atomic E-state index is 0.0174. The first kappa shape index (κ1) is 59.6. The Morgan fingerprint density at radius 1 is 0.926 bits per heavy atom. The summed E-state index contributed by atoms with van der Waals surface area (Å²) in [5, 5.41) is 36.6. The van der Waals surface area contributed by atoms with Gasteiger partial charge in [-0.1, -0.05) is 89.6 Å². The molecule has 8 unspecified atom stereocenters. The molecule has 2 aromatic rings. The van der Waals surface area contributed by atoms with Crippen molar-refractivity contribution in [1.29, 1.82) is 0 Å². The molecule has 25 nitrogen and oxygen atoms in total. The van der Waals surface area contributed by atoms with Crippen LogP contribution >= 0.6 is 35.2 Å². The first-order valence-electron chi connectivity index (χ1n) is 22.3. The molecular weight excluding hydrogens is 979 g/mol. The average Bonchev–Trinajstić information content (AvgIpc) is 3.82. The summed E-state index contributed by atoms with van der Waals surface area (Å²) in [6, 6.07) is 0. The molecule has 1 aliphatic rings. The van der Waals surface area contributed by atoms with E-state index in [4.69, 9.17) is 19.5 Å². The Kier molecular flexibility index (Phi) is 25.4. The van der Waals surface area contributed by atoms with Crippen molar-refractivity contribution >= 4 is 69.1 Å². The van der Waals surface area contributed by atoms with Crippen molar-refractivity contribution in [2.45, 2.75) is 147 Å². The number of phosphoric acid groups is 3. The molecule has 2 aromatic heterocycles. The zero-order chi connectivity index (χ0) is 50.5. The first-order valence-corrected chi connectivity index (χ1v) is 27.8. The van der Waals surface area contributed by atoms with Crippen LogP contribution < -0.4 is 16.4 Å². The fourth-order valence-electron chi connectivity index (χ4n) is 6.75. The normalized spacial score (nSPS) is 20.6. The van der Waals surface area contributed by atoms with Gasteiger partial charge in [-0.15, -0.1) is 0 Å². The number of unbranched alkanes of at least 4 members (excludes halogenated alkanes) is 9. The third kappa shape index (κ3) is 21.7. The molecule has 0 aromatic carbocycles. The van der Waals surface area contributed by atoms with E-state index in [0.29, 0.717) is 6.42 Å². The molecule has 1 aliphatic heterocycles. The van der Waals surface area contributed by atoms with E-state index in [1.165, 1.54) is 39.5 Å². The highest BCUT2D eigenvalue weighted by atomic mass is 32.2. The van der Waals surface area contributed by atoms with Crippen LogP contribution in [-0.4, -0.2) is 134 Å². The Bertz CT molecular complexity index is 2080. The highest BCUT2D eigenvalue weighted by Crippen LogP contribution is 2.61. The summed E-state index contributed by atoms with van der Waals surface area (Å²) in [6.07, 6.45) is 9.93. The smallest absolute Gasteiger partial charge is 0.393 e. The van der Waals surface area contributed by atoms with E-state index in [0.717, 1.165) is 73.9 Å². The zero-order valence-electron chi connectivity index (χ0n) is 38.4. The van der Waals surface area contributed by atoms with Crippen molar-refractivity contribution in [3.63, 3.8) is 0 Å². The number of fused-ring (bicyclic) bond motifs is 1. The predicted octanol–water partition coefficient (Wildman–Crippen LogP) is 3.67. The molecule has 68 heavy (non-hydrogen) atoms. The highest BCUT2D eigenvalue weighted by molar-refractivity contribution is 8.13. The van der Waals surface area contributed by atoms with Crippen LogP contribution in [0.3, 0.4) is 0 Å². The van der Waals surface area contributed by atoms with E-state index >= 15 is 0 Å². The first-order chi connectivity index (χ1) is 31.9. The van der Waals surface area contributed by atoms with E-state index in [9.17, 15) is 63.0 Å². The Labute approximate surface area is 399 Å². The van der Waals surface area contributed by atoms with Gasteiger partial charge >= 0.3 is 23.5 Å². The maximum absolute atomic E-state index is 12.7. The van der Waals surface area contributed by atoms with Gasteiger partial charge in [0.05, 0.1) is 25.6 Å². The quantitative estimate of drug-likeness (QED) is 0.0271. The lowest BCUT2D eigenvalue weighted by atomic mass is 9.87. The fraction of sp³-hybridized carbons (Fsp3) is 0.744. The van der Waals surface area contributed by atoms with Crippen molar-refractivity contribution in [1.82, 2.24) is 30.2 Å². The SMILES string of the molecule is CCCCCC/C=C/CCCCCCCC(O)CC(=O)SCCNC(=O)CCNC(=O)C(O)C(C)(C)COP(=O)(O)OP(=O)(O)OCC1OC(n2cnc3c(N)ncnc32)C(O)C1OP(=O)(O)O. The van der Waals surface area contributed by atoms with Gasteiger partial charge in [-0.2, -0.15) is 4.31 Å². The molecule has 1 fully saturated rings. The summed E-state index contributed by atoms with van der Waals surface area (Å²) in [4.78, 5) is 88.4. The van der Waals surface area contributed by atoms with Gasteiger partial charge in [0.1, 0.15) is 36.3 Å². The van der Waals surface area contributed by atoms with E-state index in [2.05, 4.69) is 53.5 Å². The van der Waals surface area contributed by atoms with Crippen LogP contribution in [-0.2, 0) is 50.7 Å². The number of thioether (sulfide) groups is 1. The number of nitrogens with zero attached hydrogens (tertiary/aromatic N) is 4. The molecule has 29 heteroatoms. The van der Waals surface area contributed by atoms with Crippen LogP contribution in [0.5, 0.6) is 0 Å². The number of nitrogens with one attached hydrogen (secondary N) is 2. The second kappa shape index (κ2) is 28.9. The maximum atomic E-state index is 12.7. The molecule has 1 saturated heterocycles. The van der Waals surface area contributed by atoms with Crippen molar-refractivity contribution in [2.75, 3.05) is 37.8 Å². The van der Waals surface area contributed by atoms with E-state index in [-0.39, 0.29) is 53.8 Å².